The van der Waals surface area contributed by atoms with E-state index < -0.39 is 12.0 Å². The summed E-state index contributed by atoms with van der Waals surface area (Å²) in [4.78, 5) is 37.5. The van der Waals surface area contributed by atoms with Crippen LogP contribution in [0.1, 0.15) is 27.7 Å². The molecular formula is C14H22N2O4. The molecule has 1 aliphatic heterocycles. The molecule has 0 radical (unpaired) electrons. The second kappa shape index (κ2) is 5.16. The second-order valence-corrected chi connectivity index (χ2v) is 5.93. The Kier molecular flexibility index (Phi) is 3.86. The Balaban J connectivity index is 2.04. The minimum atomic E-state index is -0.645. The van der Waals surface area contributed by atoms with E-state index in [2.05, 4.69) is 5.32 Å². The molecule has 3 unspecified atom stereocenters. The number of amides is 2. The predicted octanol–water partition coefficient (Wildman–Crippen LogP) is 0.169. The van der Waals surface area contributed by atoms with E-state index in [0.29, 0.717) is 6.54 Å². The maximum Gasteiger partial charge on any atom is 0.324 e. The highest BCUT2D eigenvalue weighted by molar-refractivity contribution is 6.10. The first-order valence-electron chi connectivity index (χ1n) is 7.11. The number of rotatable bonds is 6. The van der Waals surface area contributed by atoms with E-state index >= 15 is 0 Å². The lowest BCUT2D eigenvalue weighted by molar-refractivity contribution is -0.149. The molecule has 0 aromatic carbocycles. The van der Waals surface area contributed by atoms with Gasteiger partial charge in [-0.15, -0.1) is 0 Å². The van der Waals surface area contributed by atoms with Gasteiger partial charge in [0.05, 0.1) is 25.0 Å². The van der Waals surface area contributed by atoms with E-state index in [1.54, 1.807) is 6.92 Å². The average Bonchev–Trinajstić information content (AvgIpc) is 2.85. The van der Waals surface area contributed by atoms with Gasteiger partial charge >= 0.3 is 5.97 Å². The van der Waals surface area contributed by atoms with E-state index in [0.717, 1.165) is 0 Å². The fraction of sp³-hybridized carbons (Fsp3) is 0.786. The number of hydrogen-bond acceptors (Lipinski definition) is 5. The monoisotopic (exact) mass is 282 g/mol. The second-order valence-electron chi connectivity index (χ2n) is 5.93. The molecule has 1 heterocycles. The summed E-state index contributed by atoms with van der Waals surface area (Å²) in [5.74, 6) is -1.15. The zero-order valence-corrected chi connectivity index (χ0v) is 12.4. The molecule has 112 valence electrons. The molecule has 2 amide bonds. The number of imide groups is 1. The molecule has 0 aromatic rings. The first kappa shape index (κ1) is 15.0. The number of likely N-dealkylation sites (N-methyl/N-ethyl adjacent to an activating group) is 1. The van der Waals surface area contributed by atoms with E-state index in [4.69, 9.17) is 4.74 Å². The van der Waals surface area contributed by atoms with Crippen LogP contribution in [-0.2, 0) is 19.1 Å². The maximum atomic E-state index is 12.2. The first-order valence-corrected chi connectivity index (χ1v) is 7.11. The third kappa shape index (κ3) is 2.22. The van der Waals surface area contributed by atoms with Crippen molar-refractivity contribution >= 4 is 17.8 Å². The van der Waals surface area contributed by atoms with Gasteiger partial charge < -0.3 is 10.1 Å². The normalized spacial score (nSPS) is 28.3. The molecule has 6 heteroatoms. The minimum absolute atomic E-state index is 0.0629. The lowest BCUT2D eigenvalue weighted by Crippen LogP contribution is -2.50. The number of fused-ring (bicyclic) bond motifs is 1. The number of ether oxygens (including phenoxy) is 1. The van der Waals surface area contributed by atoms with Crippen molar-refractivity contribution in [3.05, 3.63) is 0 Å². The number of hydrogen-bond donors (Lipinski definition) is 1. The Labute approximate surface area is 118 Å². The van der Waals surface area contributed by atoms with Gasteiger partial charge in [-0.1, -0.05) is 20.8 Å². The van der Waals surface area contributed by atoms with Gasteiger partial charge in [0, 0.05) is 0 Å². The molecule has 2 aliphatic rings. The summed E-state index contributed by atoms with van der Waals surface area (Å²) in [6.45, 7) is 8.36. The number of carbonyl (C=O) groups is 3. The number of piperidine rings is 1. The van der Waals surface area contributed by atoms with Gasteiger partial charge in [0.25, 0.3) is 0 Å². The van der Waals surface area contributed by atoms with Crippen molar-refractivity contribution in [3.63, 3.8) is 0 Å². The minimum Gasteiger partial charge on any atom is -0.465 e. The van der Waals surface area contributed by atoms with Crippen LogP contribution in [-0.4, -0.2) is 48.4 Å². The van der Waals surface area contributed by atoms with Crippen molar-refractivity contribution in [1.82, 2.24) is 10.2 Å². The molecule has 1 saturated heterocycles. The number of carbonyl (C=O) groups excluding carboxylic acids is 3. The zero-order chi connectivity index (χ0) is 15.1. The molecule has 1 saturated carbocycles. The Morgan fingerprint density at radius 3 is 2.30 bits per heavy atom. The first-order chi connectivity index (χ1) is 9.36. The fourth-order valence-electron chi connectivity index (χ4n) is 3.08. The van der Waals surface area contributed by atoms with E-state index in [1.807, 2.05) is 20.8 Å². The summed E-state index contributed by atoms with van der Waals surface area (Å²) in [5.41, 5.74) is -0.220. The standard InChI is InChI=1S/C14H22N2O4/c1-5-15-8(13(19)20-6-2)7-16-11(17)9-10(12(16)18)14(9,3)4/h8-10,15H,5-7H2,1-4H3. The van der Waals surface area contributed by atoms with Crippen molar-refractivity contribution in [1.29, 1.82) is 0 Å². The Morgan fingerprint density at radius 1 is 1.30 bits per heavy atom. The van der Waals surface area contributed by atoms with Crippen molar-refractivity contribution in [3.8, 4) is 0 Å². The molecule has 6 nitrogen and oxygen atoms in total. The van der Waals surface area contributed by atoms with Gasteiger partial charge in [0.1, 0.15) is 6.04 Å². The third-order valence-corrected chi connectivity index (χ3v) is 4.28. The van der Waals surface area contributed by atoms with Crippen LogP contribution in [0.5, 0.6) is 0 Å². The fourth-order valence-corrected chi connectivity index (χ4v) is 3.08. The van der Waals surface area contributed by atoms with E-state index in [9.17, 15) is 14.4 Å². The number of nitrogens with zero attached hydrogens (tertiary/aromatic N) is 1. The quantitative estimate of drug-likeness (QED) is 0.555. The van der Waals surface area contributed by atoms with Crippen LogP contribution in [0.3, 0.4) is 0 Å². The van der Waals surface area contributed by atoms with Crippen LogP contribution < -0.4 is 5.32 Å². The van der Waals surface area contributed by atoms with Crippen LogP contribution in [0.4, 0.5) is 0 Å². The average molecular weight is 282 g/mol. The van der Waals surface area contributed by atoms with Crippen molar-refractivity contribution < 1.29 is 19.1 Å². The highest BCUT2D eigenvalue weighted by Gasteiger charge is 2.72. The molecule has 0 bridgehead atoms. The van der Waals surface area contributed by atoms with Crippen LogP contribution in [0.2, 0.25) is 0 Å². The van der Waals surface area contributed by atoms with Crippen molar-refractivity contribution in [2.75, 3.05) is 19.7 Å². The van der Waals surface area contributed by atoms with Crippen LogP contribution >= 0.6 is 0 Å². The lowest BCUT2D eigenvalue weighted by atomic mass is 10.1. The van der Waals surface area contributed by atoms with Gasteiger partial charge in [-0.3, -0.25) is 19.3 Å². The van der Waals surface area contributed by atoms with Crippen LogP contribution in [0, 0.1) is 17.3 Å². The van der Waals surface area contributed by atoms with Crippen molar-refractivity contribution in [2.45, 2.75) is 33.7 Å². The largest absolute Gasteiger partial charge is 0.465 e. The molecule has 0 aromatic heterocycles. The Morgan fingerprint density at radius 2 is 1.85 bits per heavy atom. The topological polar surface area (TPSA) is 75.7 Å². The summed E-state index contributed by atoms with van der Waals surface area (Å²) in [7, 11) is 0. The van der Waals surface area contributed by atoms with Crippen LogP contribution in [0.15, 0.2) is 0 Å². The SMILES string of the molecule is CCNC(CN1C(=O)C2C(C1=O)C2(C)C)C(=O)OCC. The predicted molar refractivity (Wildman–Crippen MR) is 71.6 cm³/mol. The molecular weight excluding hydrogens is 260 g/mol. The summed E-state index contributed by atoms with van der Waals surface area (Å²) in [6.07, 6.45) is 0. The van der Waals surface area contributed by atoms with Gasteiger partial charge in [0.15, 0.2) is 0 Å². The van der Waals surface area contributed by atoms with Gasteiger partial charge in [-0.25, -0.2) is 0 Å². The van der Waals surface area contributed by atoms with E-state index in [-0.39, 0.29) is 42.2 Å². The zero-order valence-electron chi connectivity index (χ0n) is 12.4. The molecule has 3 atom stereocenters. The summed E-state index contributed by atoms with van der Waals surface area (Å²) < 4.78 is 4.97. The molecule has 2 rings (SSSR count). The number of likely N-dealkylation sites (tertiary alicyclic amines) is 1. The summed E-state index contributed by atoms with van der Waals surface area (Å²) in [6, 6.07) is -0.645. The van der Waals surface area contributed by atoms with Gasteiger partial charge in [0.2, 0.25) is 11.8 Å². The molecule has 1 N–H and O–H groups in total. The van der Waals surface area contributed by atoms with Crippen LogP contribution in [0.25, 0.3) is 0 Å². The lowest BCUT2D eigenvalue weighted by Gasteiger charge is -2.25. The summed E-state index contributed by atoms with van der Waals surface area (Å²) >= 11 is 0. The molecule has 1 aliphatic carbocycles. The molecule has 0 spiro atoms. The highest BCUT2D eigenvalue weighted by atomic mass is 16.5. The maximum absolute atomic E-state index is 12.2. The Hall–Kier alpha value is -1.43. The Bertz CT molecular complexity index is 422. The van der Waals surface area contributed by atoms with Gasteiger partial charge in [-0.2, -0.15) is 0 Å². The smallest absolute Gasteiger partial charge is 0.324 e. The number of nitrogens with one attached hydrogen (secondary N) is 1. The van der Waals surface area contributed by atoms with E-state index in [1.165, 1.54) is 4.90 Å². The third-order valence-electron chi connectivity index (χ3n) is 4.28. The van der Waals surface area contributed by atoms with Gasteiger partial charge in [-0.05, 0) is 18.9 Å². The van der Waals surface area contributed by atoms with Crippen molar-refractivity contribution in [2.24, 2.45) is 17.3 Å². The summed E-state index contributed by atoms with van der Waals surface area (Å²) in [5, 5.41) is 2.96. The number of esters is 1. The highest BCUT2D eigenvalue weighted by Crippen LogP contribution is 2.63. The molecule has 2 fully saturated rings. The molecule has 20 heavy (non-hydrogen) atoms.